The van der Waals surface area contributed by atoms with Crippen LogP contribution in [0.4, 0.5) is 0 Å². The van der Waals surface area contributed by atoms with E-state index in [1.54, 1.807) is 0 Å². The fraction of sp³-hybridized carbons (Fsp3) is 0.389. The average Bonchev–Trinajstić information content (AvgIpc) is 2.40. The predicted molar refractivity (Wildman–Crippen MR) is 90.0 cm³/mol. The molecule has 3 heteroatoms. The van der Waals surface area contributed by atoms with Crippen molar-refractivity contribution in [3.63, 3.8) is 0 Å². The summed E-state index contributed by atoms with van der Waals surface area (Å²) in [5.74, 6) is 0. The summed E-state index contributed by atoms with van der Waals surface area (Å²) in [6, 6.07) is 10.5. The van der Waals surface area contributed by atoms with Crippen LogP contribution < -0.4 is 5.32 Å². The lowest BCUT2D eigenvalue weighted by molar-refractivity contribution is 0.569. The van der Waals surface area contributed by atoms with Crippen molar-refractivity contribution in [2.24, 2.45) is 0 Å². The maximum atomic E-state index is 5.90. The van der Waals surface area contributed by atoms with Gasteiger partial charge in [0.25, 0.3) is 0 Å². The van der Waals surface area contributed by atoms with Crippen LogP contribution in [-0.4, -0.2) is 11.5 Å². The van der Waals surface area contributed by atoms with Gasteiger partial charge in [0.2, 0.25) is 0 Å². The third kappa shape index (κ3) is 4.29. The smallest absolute Gasteiger partial charge is 0.0426 e. The average molecular weight is 303 g/mol. The molecule has 1 heterocycles. The monoisotopic (exact) mass is 302 g/mol. The van der Waals surface area contributed by atoms with Crippen molar-refractivity contribution in [2.75, 3.05) is 6.54 Å². The minimum absolute atomic E-state index is 0.311. The summed E-state index contributed by atoms with van der Waals surface area (Å²) >= 11 is 5.90. The van der Waals surface area contributed by atoms with Gasteiger partial charge in [-0.05, 0) is 75.5 Å². The Hall–Kier alpha value is -1.38. The van der Waals surface area contributed by atoms with Crippen LogP contribution in [0.3, 0.4) is 0 Å². The second-order valence-corrected chi connectivity index (χ2v) is 6.07. The van der Waals surface area contributed by atoms with Crippen LogP contribution in [0.5, 0.6) is 0 Å². The molecule has 2 aromatic rings. The maximum absolute atomic E-state index is 5.90. The third-order valence-electron chi connectivity index (χ3n) is 3.79. The largest absolute Gasteiger partial charge is 0.310 e. The summed E-state index contributed by atoms with van der Waals surface area (Å²) in [4.78, 5) is 4.58. The van der Waals surface area contributed by atoms with Crippen molar-refractivity contribution < 1.29 is 0 Å². The number of nitrogens with one attached hydrogen (secondary N) is 1. The Bertz CT molecular complexity index is 582. The molecular formula is C18H23ClN2. The molecule has 1 atom stereocenters. The van der Waals surface area contributed by atoms with Crippen LogP contribution >= 0.6 is 11.6 Å². The molecule has 0 bridgehead atoms. The van der Waals surface area contributed by atoms with Crippen molar-refractivity contribution in [3.05, 3.63) is 63.4 Å². The van der Waals surface area contributed by atoms with Crippen molar-refractivity contribution in [1.29, 1.82) is 0 Å². The molecule has 2 rings (SSSR count). The Morgan fingerprint density at radius 1 is 1.14 bits per heavy atom. The minimum Gasteiger partial charge on any atom is -0.310 e. The number of aromatic nitrogens is 1. The van der Waals surface area contributed by atoms with Crippen LogP contribution in [0, 0.1) is 20.8 Å². The van der Waals surface area contributed by atoms with Gasteiger partial charge in [0.1, 0.15) is 0 Å². The van der Waals surface area contributed by atoms with E-state index in [2.05, 4.69) is 49.3 Å². The molecule has 0 aliphatic carbocycles. The summed E-state index contributed by atoms with van der Waals surface area (Å²) in [6.07, 6.45) is 0.999. The lowest BCUT2D eigenvalue weighted by atomic mass is 10.00. The van der Waals surface area contributed by atoms with E-state index >= 15 is 0 Å². The molecule has 0 amide bonds. The molecule has 0 aliphatic heterocycles. The third-order valence-corrected chi connectivity index (χ3v) is 4.05. The number of aryl methyl sites for hydroxylation is 3. The first-order valence-electron chi connectivity index (χ1n) is 7.40. The standard InChI is InChI=1S/C18H23ClN2/c1-12-11-13(2)21-15(4)18(12)14(3)20-10-9-16-5-7-17(19)8-6-16/h5-8,11,14,20H,9-10H2,1-4H3. The zero-order valence-corrected chi connectivity index (χ0v) is 14.0. The number of pyridine rings is 1. The first-order chi connectivity index (χ1) is 9.97. The number of hydrogen-bond acceptors (Lipinski definition) is 2. The van der Waals surface area contributed by atoms with Crippen molar-refractivity contribution in [3.8, 4) is 0 Å². The van der Waals surface area contributed by atoms with Crippen LogP contribution in [0.1, 0.15) is 41.0 Å². The van der Waals surface area contributed by atoms with Gasteiger partial charge in [0.15, 0.2) is 0 Å². The van der Waals surface area contributed by atoms with Gasteiger partial charge in [-0.15, -0.1) is 0 Å². The van der Waals surface area contributed by atoms with Crippen molar-refractivity contribution in [1.82, 2.24) is 10.3 Å². The van der Waals surface area contributed by atoms with Gasteiger partial charge in [0.05, 0.1) is 0 Å². The van der Waals surface area contributed by atoms with Gasteiger partial charge in [-0.1, -0.05) is 23.7 Å². The molecular weight excluding hydrogens is 280 g/mol. The molecule has 21 heavy (non-hydrogen) atoms. The van der Waals surface area contributed by atoms with Gasteiger partial charge in [-0.2, -0.15) is 0 Å². The summed E-state index contributed by atoms with van der Waals surface area (Å²) < 4.78 is 0. The molecule has 0 aliphatic rings. The van der Waals surface area contributed by atoms with E-state index < -0.39 is 0 Å². The van der Waals surface area contributed by atoms with E-state index in [1.807, 2.05) is 19.1 Å². The zero-order valence-electron chi connectivity index (χ0n) is 13.2. The minimum atomic E-state index is 0.311. The van der Waals surface area contributed by atoms with Gasteiger partial charge >= 0.3 is 0 Å². The maximum Gasteiger partial charge on any atom is 0.0426 e. The highest BCUT2D eigenvalue weighted by molar-refractivity contribution is 6.30. The SMILES string of the molecule is Cc1cc(C)c(C(C)NCCc2ccc(Cl)cc2)c(C)n1. The summed E-state index contributed by atoms with van der Waals surface area (Å²) in [5, 5.41) is 4.38. The lowest BCUT2D eigenvalue weighted by Gasteiger charge is -2.19. The number of nitrogens with zero attached hydrogens (tertiary/aromatic N) is 1. The van der Waals surface area contributed by atoms with Crippen LogP contribution in [0.15, 0.2) is 30.3 Å². The molecule has 0 saturated heterocycles. The van der Waals surface area contributed by atoms with E-state index in [0.717, 1.165) is 29.4 Å². The Labute approximate surface area is 132 Å². The second-order valence-electron chi connectivity index (χ2n) is 5.63. The number of hydrogen-bond donors (Lipinski definition) is 1. The fourth-order valence-corrected chi connectivity index (χ4v) is 3.00. The molecule has 1 unspecified atom stereocenters. The highest BCUT2D eigenvalue weighted by Crippen LogP contribution is 2.21. The summed E-state index contributed by atoms with van der Waals surface area (Å²) in [6.45, 7) is 9.44. The molecule has 2 nitrogen and oxygen atoms in total. The Morgan fingerprint density at radius 2 is 1.81 bits per heavy atom. The summed E-state index contributed by atoms with van der Waals surface area (Å²) in [5.41, 5.74) is 6.14. The highest BCUT2D eigenvalue weighted by Gasteiger charge is 2.12. The van der Waals surface area contributed by atoms with Crippen LogP contribution in [-0.2, 0) is 6.42 Å². The molecule has 0 fully saturated rings. The van der Waals surface area contributed by atoms with Crippen LogP contribution in [0.25, 0.3) is 0 Å². The van der Waals surface area contributed by atoms with Gasteiger partial charge in [-0.3, -0.25) is 4.98 Å². The number of halogens is 1. The van der Waals surface area contributed by atoms with E-state index in [1.165, 1.54) is 16.7 Å². The Balaban J connectivity index is 1.96. The quantitative estimate of drug-likeness (QED) is 0.876. The van der Waals surface area contributed by atoms with Crippen LogP contribution in [0.2, 0.25) is 5.02 Å². The first-order valence-corrected chi connectivity index (χ1v) is 7.77. The van der Waals surface area contributed by atoms with Gasteiger partial charge in [0, 0.05) is 22.5 Å². The Morgan fingerprint density at radius 3 is 2.43 bits per heavy atom. The van der Waals surface area contributed by atoms with E-state index in [0.29, 0.717) is 6.04 Å². The van der Waals surface area contributed by atoms with E-state index in [-0.39, 0.29) is 0 Å². The molecule has 0 radical (unpaired) electrons. The molecule has 0 saturated carbocycles. The molecule has 0 spiro atoms. The normalized spacial score (nSPS) is 12.4. The topological polar surface area (TPSA) is 24.9 Å². The number of benzene rings is 1. The van der Waals surface area contributed by atoms with Crippen molar-refractivity contribution >= 4 is 11.6 Å². The van der Waals surface area contributed by atoms with Gasteiger partial charge in [-0.25, -0.2) is 0 Å². The fourth-order valence-electron chi connectivity index (χ4n) is 2.87. The predicted octanol–water partition coefficient (Wildman–Crippen LogP) is 4.55. The van der Waals surface area contributed by atoms with Gasteiger partial charge < -0.3 is 5.32 Å². The molecule has 1 aromatic heterocycles. The molecule has 112 valence electrons. The van der Waals surface area contributed by atoms with E-state index in [9.17, 15) is 0 Å². The highest BCUT2D eigenvalue weighted by atomic mass is 35.5. The number of rotatable bonds is 5. The van der Waals surface area contributed by atoms with Crippen molar-refractivity contribution in [2.45, 2.75) is 40.2 Å². The molecule has 1 aromatic carbocycles. The second kappa shape index (κ2) is 7.06. The summed E-state index contributed by atoms with van der Waals surface area (Å²) in [7, 11) is 0. The molecule has 1 N–H and O–H groups in total. The first kappa shape index (κ1) is 16.0. The Kier molecular flexibility index (Phi) is 5.38. The van der Waals surface area contributed by atoms with E-state index in [4.69, 9.17) is 11.6 Å². The zero-order chi connectivity index (χ0) is 15.4. The lowest BCUT2D eigenvalue weighted by Crippen LogP contribution is -2.23.